The first kappa shape index (κ1) is 17.5. The van der Waals surface area contributed by atoms with E-state index in [0.717, 1.165) is 0 Å². The molecule has 0 radical (unpaired) electrons. The van der Waals surface area contributed by atoms with Gasteiger partial charge in [0.1, 0.15) is 5.75 Å². The van der Waals surface area contributed by atoms with E-state index >= 15 is 0 Å². The van der Waals surface area contributed by atoms with Crippen LogP contribution >= 0.6 is 0 Å². The zero-order chi connectivity index (χ0) is 15.9. The number of carbonyl (C=O) groups is 1. The third-order valence-corrected chi connectivity index (χ3v) is 2.84. The lowest BCUT2D eigenvalue weighted by Crippen LogP contribution is -2.37. The number of hydrogen-bond acceptors (Lipinski definition) is 4. The van der Waals surface area contributed by atoms with Crippen molar-refractivity contribution in [3.8, 4) is 5.75 Å². The van der Waals surface area contributed by atoms with Gasteiger partial charge in [-0.05, 0) is 40.0 Å². The third kappa shape index (κ3) is 7.11. The predicted molar refractivity (Wildman–Crippen MR) is 84.7 cm³/mol. The fourth-order valence-corrected chi connectivity index (χ4v) is 2.10. The van der Waals surface area contributed by atoms with Gasteiger partial charge in [0, 0.05) is 19.5 Å². The van der Waals surface area contributed by atoms with Crippen molar-refractivity contribution >= 4 is 11.6 Å². The van der Waals surface area contributed by atoms with Crippen LogP contribution in [0, 0.1) is 0 Å². The second-order valence-electron chi connectivity index (χ2n) is 5.78. The van der Waals surface area contributed by atoms with E-state index in [1.54, 1.807) is 13.8 Å². The lowest BCUT2D eigenvalue weighted by Gasteiger charge is -2.25. The van der Waals surface area contributed by atoms with Crippen LogP contribution in [-0.2, 0) is 4.79 Å². The molecule has 5 nitrogen and oxygen atoms in total. The number of para-hydroxylation sites is 2. The van der Waals surface area contributed by atoms with Crippen LogP contribution in [0.25, 0.3) is 0 Å². The maximum absolute atomic E-state index is 12.0. The number of amides is 1. The van der Waals surface area contributed by atoms with Crippen molar-refractivity contribution in [3.05, 3.63) is 24.3 Å². The van der Waals surface area contributed by atoms with Gasteiger partial charge in [-0.25, -0.2) is 0 Å². The maximum atomic E-state index is 12.0. The quantitative estimate of drug-likeness (QED) is 0.771. The molecule has 1 amide bonds. The molecule has 0 saturated heterocycles. The van der Waals surface area contributed by atoms with Gasteiger partial charge >= 0.3 is 0 Å². The number of rotatable bonds is 8. The molecule has 0 saturated carbocycles. The smallest absolute Gasteiger partial charge is 0.225 e. The monoisotopic (exact) mass is 294 g/mol. The lowest BCUT2D eigenvalue weighted by atomic mass is 10.1. The molecule has 2 N–H and O–H groups in total. The summed E-state index contributed by atoms with van der Waals surface area (Å²) >= 11 is 0. The van der Waals surface area contributed by atoms with Gasteiger partial charge < -0.3 is 20.1 Å². The lowest BCUT2D eigenvalue weighted by molar-refractivity contribution is -0.116. The van der Waals surface area contributed by atoms with E-state index in [1.165, 1.54) is 0 Å². The summed E-state index contributed by atoms with van der Waals surface area (Å²) in [6.07, 6.45) is 0.368. The molecule has 0 aliphatic rings. The van der Waals surface area contributed by atoms with Crippen molar-refractivity contribution in [2.75, 3.05) is 32.1 Å². The Morgan fingerprint density at radius 3 is 2.67 bits per heavy atom. The Balaban J connectivity index is 2.47. The van der Waals surface area contributed by atoms with Gasteiger partial charge in [-0.1, -0.05) is 12.1 Å². The Hall–Kier alpha value is -1.59. The maximum Gasteiger partial charge on any atom is 0.225 e. The molecular weight excluding hydrogens is 268 g/mol. The first-order chi connectivity index (χ1) is 9.81. The van der Waals surface area contributed by atoms with E-state index < -0.39 is 5.60 Å². The van der Waals surface area contributed by atoms with E-state index in [1.807, 2.05) is 43.1 Å². The van der Waals surface area contributed by atoms with Crippen LogP contribution < -0.4 is 10.1 Å². The third-order valence-electron chi connectivity index (χ3n) is 2.84. The topological polar surface area (TPSA) is 61.8 Å². The second kappa shape index (κ2) is 8.00. The fourth-order valence-electron chi connectivity index (χ4n) is 2.10. The summed E-state index contributed by atoms with van der Waals surface area (Å²) in [7, 11) is 1.89. The Bertz CT molecular complexity index is 455. The first-order valence-corrected chi connectivity index (χ1v) is 7.24. The highest BCUT2D eigenvalue weighted by atomic mass is 16.5. The number of carbonyl (C=O) groups excluding carboxylic acids is 1. The Kier molecular flexibility index (Phi) is 6.65. The number of nitrogens with one attached hydrogen (secondary N) is 1. The minimum Gasteiger partial charge on any atom is -0.492 e. The van der Waals surface area contributed by atoms with Crippen LogP contribution in [0.15, 0.2) is 24.3 Å². The van der Waals surface area contributed by atoms with Crippen molar-refractivity contribution in [1.29, 1.82) is 0 Å². The van der Waals surface area contributed by atoms with Crippen molar-refractivity contribution in [3.63, 3.8) is 0 Å². The zero-order valence-corrected chi connectivity index (χ0v) is 13.3. The van der Waals surface area contributed by atoms with E-state index in [9.17, 15) is 9.90 Å². The van der Waals surface area contributed by atoms with Crippen LogP contribution in [-0.4, -0.2) is 48.3 Å². The predicted octanol–water partition coefficient (Wildman–Crippen LogP) is 2.12. The molecule has 0 fully saturated rings. The summed E-state index contributed by atoms with van der Waals surface area (Å²) in [5, 5.41) is 12.6. The summed E-state index contributed by atoms with van der Waals surface area (Å²) in [6, 6.07) is 7.39. The van der Waals surface area contributed by atoms with Crippen molar-refractivity contribution in [2.24, 2.45) is 0 Å². The van der Waals surface area contributed by atoms with E-state index in [-0.39, 0.29) is 5.91 Å². The standard InChI is InChI=1S/C16H26N2O3/c1-5-21-14-9-7-6-8-13(14)17-15(19)10-11-18(4)12-16(2,3)20/h6-9,20H,5,10-12H2,1-4H3,(H,17,19). The molecule has 118 valence electrons. The SMILES string of the molecule is CCOc1ccccc1NC(=O)CCN(C)CC(C)(C)O. The van der Waals surface area contributed by atoms with E-state index in [4.69, 9.17) is 4.74 Å². The highest BCUT2D eigenvalue weighted by Gasteiger charge is 2.16. The van der Waals surface area contributed by atoms with Gasteiger partial charge in [-0.2, -0.15) is 0 Å². The van der Waals surface area contributed by atoms with Crippen molar-refractivity contribution in [1.82, 2.24) is 4.90 Å². The van der Waals surface area contributed by atoms with Gasteiger partial charge in [-0.3, -0.25) is 4.79 Å². The number of benzene rings is 1. The van der Waals surface area contributed by atoms with Crippen LogP contribution in [0.1, 0.15) is 27.2 Å². The number of anilines is 1. The minimum absolute atomic E-state index is 0.0650. The second-order valence-corrected chi connectivity index (χ2v) is 5.78. The molecular formula is C16H26N2O3. The largest absolute Gasteiger partial charge is 0.492 e. The molecule has 21 heavy (non-hydrogen) atoms. The van der Waals surface area contributed by atoms with Gasteiger partial charge in [0.05, 0.1) is 17.9 Å². The van der Waals surface area contributed by atoms with Crippen LogP contribution in [0.5, 0.6) is 5.75 Å². The molecule has 0 spiro atoms. The van der Waals surface area contributed by atoms with Gasteiger partial charge in [0.25, 0.3) is 0 Å². The summed E-state index contributed by atoms with van der Waals surface area (Å²) in [4.78, 5) is 13.9. The number of likely N-dealkylation sites (N-methyl/N-ethyl adjacent to an activating group) is 1. The number of hydrogen-bond donors (Lipinski definition) is 2. The molecule has 5 heteroatoms. The highest BCUT2D eigenvalue weighted by Crippen LogP contribution is 2.23. The molecule has 1 rings (SSSR count). The molecule has 0 aromatic heterocycles. The highest BCUT2D eigenvalue weighted by molar-refractivity contribution is 5.92. The van der Waals surface area contributed by atoms with Crippen molar-refractivity contribution in [2.45, 2.75) is 32.8 Å². The minimum atomic E-state index is -0.757. The number of nitrogens with zero attached hydrogens (tertiary/aromatic N) is 1. The molecule has 0 unspecified atom stereocenters. The molecule has 0 aliphatic heterocycles. The molecule has 1 aromatic rings. The van der Waals surface area contributed by atoms with E-state index in [0.29, 0.717) is 37.6 Å². The van der Waals surface area contributed by atoms with E-state index in [2.05, 4.69) is 5.32 Å². The van der Waals surface area contributed by atoms with Crippen LogP contribution in [0.2, 0.25) is 0 Å². The average molecular weight is 294 g/mol. The Morgan fingerprint density at radius 1 is 1.38 bits per heavy atom. The van der Waals surface area contributed by atoms with Gasteiger partial charge in [0.15, 0.2) is 0 Å². The summed E-state index contributed by atoms with van der Waals surface area (Å²) in [5.41, 5.74) is -0.0678. The summed E-state index contributed by atoms with van der Waals surface area (Å²) in [5.74, 6) is 0.614. The zero-order valence-electron chi connectivity index (χ0n) is 13.3. The number of ether oxygens (including phenoxy) is 1. The molecule has 0 aliphatic carbocycles. The summed E-state index contributed by atoms with van der Waals surface area (Å²) in [6.45, 7) is 7.08. The normalized spacial score (nSPS) is 11.5. The van der Waals surface area contributed by atoms with Gasteiger partial charge in [-0.15, -0.1) is 0 Å². The molecule has 0 atom stereocenters. The van der Waals surface area contributed by atoms with Gasteiger partial charge in [0.2, 0.25) is 5.91 Å². The molecule has 0 heterocycles. The number of aliphatic hydroxyl groups is 1. The molecule has 0 bridgehead atoms. The van der Waals surface area contributed by atoms with Crippen molar-refractivity contribution < 1.29 is 14.6 Å². The summed E-state index contributed by atoms with van der Waals surface area (Å²) < 4.78 is 5.47. The van der Waals surface area contributed by atoms with Crippen LogP contribution in [0.4, 0.5) is 5.69 Å². The fraction of sp³-hybridized carbons (Fsp3) is 0.562. The Labute approximate surface area is 126 Å². The molecule has 1 aromatic carbocycles. The Morgan fingerprint density at radius 2 is 2.05 bits per heavy atom. The van der Waals surface area contributed by atoms with Crippen LogP contribution in [0.3, 0.4) is 0 Å². The average Bonchev–Trinajstić information content (AvgIpc) is 2.37. The first-order valence-electron chi connectivity index (χ1n) is 7.24.